The number of aliphatic hydroxyl groups is 1. The van der Waals surface area contributed by atoms with Crippen LogP contribution >= 0.6 is 16.5 Å². The van der Waals surface area contributed by atoms with Gasteiger partial charge in [-0.2, -0.15) is 0 Å². The molecule has 0 heterocycles. The fourth-order valence-electron chi connectivity index (χ4n) is 1.34. The lowest BCUT2D eigenvalue weighted by molar-refractivity contribution is -0.271. The zero-order valence-electron chi connectivity index (χ0n) is 9.57. The standard InChI is InChI=1S/C8H14N2O7P2/c9-10-7-3-1-6(2-4-7)5-8(11,16-18(12)13)17-19(14)15/h1-4,10-11,18-19H,5,9H2,(H,12,13)(H,14,15). The minimum absolute atomic E-state index is 0.411. The van der Waals surface area contributed by atoms with Crippen LogP contribution in [0.4, 0.5) is 5.69 Å². The Bertz CT molecular complexity index is 451. The summed E-state index contributed by atoms with van der Waals surface area (Å²) in [5, 5.41) is 9.78. The van der Waals surface area contributed by atoms with Gasteiger partial charge in [-0.25, -0.2) is 0 Å². The summed E-state index contributed by atoms with van der Waals surface area (Å²) in [5.41, 5.74) is 3.42. The maximum atomic E-state index is 10.6. The molecule has 11 heteroatoms. The Balaban J connectivity index is 2.86. The molecule has 0 aliphatic rings. The van der Waals surface area contributed by atoms with Crippen LogP contribution in [0.2, 0.25) is 0 Å². The summed E-state index contributed by atoms with van der Waals surface area (Å²) in [6, 6.07) is 6.19. The van der Waals surface area contributed by atoms with E-state index in [0.29, 0.717) is 11.3 Å². The van der Waals surface area contributed by atoms with E-state index in [2.05, 4.69) is 14.5 Å². The van der Waals surface area contributed by atoms with Gasteiger partial charge in [0.15, 0.2) is 0 Å². The minimum Gasteiger partial charge on any atom is -0.342 e. The molecular formula is C8H14N2O7P2. The SMILES string of the molecule is NNc1ccc(CC(O)(O[PH](=O)O)O[PH](=O)O)cc1. The summed E-state index contributed by atoms with van der Waals surface area (Å²) >= 11 is 0. The summed E-state index contributed by atoms with van der Waals surface area (Å²) in [5.74, 6) is 2.52. The second kappa shape index (κ2) is 7.14. The van der Waals surface area contributed by atoms with Crippen molar-refractivity contribution in [1.82, 2.24) is 0 Å². The molecule has 0 bridgehead atoms. The molecule has 0 amide bonds. The summed E-state index contributed by atoms with van der Waals surface area (Å²) < 4.78 is 29.8. The molecule has 1 aromatic rings. The smallest absolute Gasteiger partial charge is 0.320 e. The highest BCUT2D eigenvalue weighted by Crippen LogP contribution is 2.35. The molecule has 0 aliphatic carbocycles. The highest BCUT2D eigenvalue weighted by molar-refractivity contribution is 7.33. The topological polar surface area (TPSA) is 151 Å². The van der Waals surface area contributed by atoms with Crippen molar-refractivity contribution in [1.29, 1.82) is 0 Å². The first kappa shape index (κ1) is 16.3. The van der Waals surface area contributed by atoms with Gasteiger partial charge in [-0.1, -0.05) is 12.1 Å². The van der Waals surface area contributed by atoms with Crippen molar-refractivity contribution in [3.63, 3.8) is 0 Å². The fourth-order valence-corrected chi connectivity index (χ4v) is 2.20. The van der Waals surface area contributed by atoms with Gasteiger partial charge in [0, 0.05) is 5.69 Å². The number of nitrogens with one attached hydrogen (secondary N) is 1. The summed E-state index contributed by atoms with van der Waals surface area (Å²) in [7, 11) is -7.12. The summed E-state index contributed by atoms with van der Waals surface area (Å²) in [6.07, 6.45) is -0.411. The quantitative estimate of drug-likeness (QED) is 0.202. The average Bonchev–Trinajstić information content (AvgIpc) is 2.27. The van der Waals surface area contributed by atoms with Crippen LogP contribution in [0, 0.1) is 0 Å². The minimum atomic E-state index is -3.56. The van der Waals surface area contributed by atoms with Gasteiger partial charge >= 0.3 is 16.5 Å². The number of rotatable bonds is 7. The third-order valence-corrected chi connectivity index (χ3v) is 3.03. The first-order valence-corrected chi connectivity index (χ1v) is 7.49. The van der Waals surface area contributed by atoms with Crippen LogP contribution in [-0.2, 0) is 24.6 Å². The third kappa shape index (κ3) is 5.82. The molecule has 0 radical (unpaired) electrons. The molecule has 0 aromatic heterocycles. The highest BCUT2D eigenvalue weighted by atomic mass is 31.1. The third-order valence-electron chi connectivity index (χ3n) is 2.04. The molecule has 0 spiro atoms. The van der Waals surface area contributed by atoms with Crippen molar-refractivity contribution in [2.45, 2.75) is 12.4 Å². The van der Waals surface area contributed by atoms with Crippen LogP contribution in [0.5, 0.6) is 0 Å². The van der Waals surface area contributed by atoms with Crippen molar-refractivity contribution < 1.29 is 33.1 Å². The molecule has 1 rings (SSSR count). The highest BCUT2D eigenvalue weighted by Gasteiger charge is 2.34. The van der Waals surface area contributed by atoms with E-state index in [1.165, 1.54) is 12.1 Å². The predicted octanol–water partition coefficient (Wildman–Crippen LogP) is -0.0420. The monoisotopic (exact) mass is 312 g/mol. The zero-order valence-corrected chi connectivity index (χ0v) is 11.6. The van der Waals surface area contributed by atoms with Crippen LogP contribution in [0.1, 0.15) is 5.56 Å². The maximum absolute atomic E-state index is 10.6. The van der Waals surface area contributed by atoms with Gasteiger partial charge in [-0.3, -0.25) is 24.0 Å². The van der Waals surface area contributed by atoms with Gasteiger partial charge in [0.25, 0.3) is 5.97 Å². The lowest BCUT2D eigenvalue weighted by Gasteiger charge is -2.24. The van der Waals surface area contributed by atoms with Gasteiger partial charge in [-0.05, 0) is 17.7 Å². The van der Waals surface area contributed by atoms with Gasteiger partial charge in [0.2, 0.25) is 0 Å². The number of nitrogen functional groups attached to an aromatic ring is 1. The average molecular weight is 312 g/mol. The Kier molecular flexibility index (Phi) is 6.12. The molecule has 0 aliphatic heterocycles. The number of benzene rings is 1. The Morgan fingerprint density at radius 3 is 2.00 bits per heavy atom. The molecule has 0 saturated carbocycles. The Morgan fingerprint density at radius 1 is 1.16 bits per heavy atom. The van der Waals surface area contributed by atoms with E-state index in [-0.39, 0.29) is 0 Å². The summed E-state index contributed by atoms with van der Waals surface area (Å²) in [6.45, 7) is 0. The van der Waals surface area contributed by atoms with E-state index in [9.17, 15) is 14.2 Å². The molecule has 1 aromatic carbocycles. The predicted molar refractivity (Wildman–Crippen MR) is 67.5 cm³/mol. The fraction of sp³-hybridized carbons (Fsp3) is 0.250. The lowest BCUT2D eigenvalue weighted by Crippen LogP contribution is -2.34. The van der Waals surface area contributed by atoms with Gasteiger partial charge in [0.1, 0.15) is 0 Å². The summed E-state index contributed by atoms with van der Waals surface area (Å²) in [4.78, 5) is 17.3. The van der Waals surface area contributed by atoms with Crippen LogP contribution in [0.15, 0.2) is 24.3 Å². The van der Waals surface area contributed by atoms with Crippen LogP contribution in [-0.4, -0.2) is 20.9 Å². The molecule has 108 valence electrons. The van der Waals surface area contributed by atoms with Crippen molar-refractivity contribution in [2.75, 3.05) is 5.43 Å². The molecular weight excluding hydrogens is 298 g/mol. The number of nitrogens with two attached hydrogens (primary N) is 1. The van der Waals surface area contributed by atoms with E-state index in [0.717, 1.165) is 0 Å². The lowest BCUT2D eigenvalue weighted by atomic mass is 10.1. The second-order valence-electron chi connectivity index (χ2n) is 3.47. The molecule has 6 N–H and O–H groups in total. The van der Waals surface area contributed by atoms with E-state index in [1.54, 1.807) is 12.1 Å². The van der Waals surface area contributed by atoms with E-state index < -0.39 is 28.9 Å². The van der Waals surface area contributed by atoms with Gasteiger partial charge in [-0.15, -0.1) is 0 Å². The van der Waals surface area contributed by atoms with E-state index in [4.69, 9.17) is 15.6 Å². The first-order valence-electron chi connectivity index (χ1n) is 4.96. The normalized spacial score (nSPS) is 17.5. The number of anilines is 1. The van der Waals surface area contributed by atoms with Crippen LogP contribution in [0.25, 0.3) is 0 Å². The van der Waals surface area contributed by atoms with Crippen molar-refractivity contribution >= 4 is 22.2 Å². The first-order chi connectivity index (χ1) is 8.84. The molecule has 2 unspecified atom stereocenters. The molecule has 0 saturated heterocycles. The number of hydrogen-bond donors (Lipinski definition) is 5. The van der Waals surface area contributed by atoms with E-state index >= 15 is 0 Å². The molecule has 19 heavy (non-hydrogen) atoms. The zero-order chi connectivity index (χ0) is 14.5. The van der Waals surface area contributed by atoms with Gasteiger partial charge < -0.3 is 20.3 Å². The Hall–Kier alpha value is -0.760. The Labute approximate surface area is 109 Å². The molecule has 2 atom stereocenters. The van der Waals surface area contributed by atoms with Crippen LogP contribution < -0.4 is 11.3 Å². The molecule has 0 fully saturated rings. The van der Waals surface area contributed by atoms with Crippen molar-refractivity contribution in [3.05, 3.63) is 29.8 Å². The second-order valence-corrected chi connectivity index (χ2v) is 4.94. The maximum Gasteiger partial charge on any atom is 0.320 e. The Morgan fingerprint density at radius 2 is 1.63 bits per heavy atom. The van der Waals surface area contributed by atoms with Crippen molar-refractivity contribution in [2.24, 2.45) is 5.84 Å². The van der Waals surface area contributed by atoms with Crippen LogP contribution in [0.3, 0.4) is 0 Å². The van der Waals surface area contributed by atoms with Crippen molar-refractivity contribution in [3.8, 4) is 0 Å². The number of hydrazine groups is 1. The van der Waals surface area contributed by atoms with Gasteiger partial charge in [0.05, 0.1) is 6.42 Å². The molecule has 9 nitrogen and oxygen atoms in total. The van der Waals surface area contributed by atoms with E-state index in [1.807, 2.05) is 0 Å². The largest absolute Gasteiger partial charge is 0.342 e. The number of hydrogen-bond acceptors (Lipinski definition) is 7.